The Bertz CT molecular complexity index is 615. The summed E-state index contributed by atoms with van der Waals surface area (Å²) in [5.41, 5.74) is 1.06. The molecule has 1 aromatic rings. The standard InChI is InChI=1S/C18H27N5O2/c1-14(24)21-16-5-4-10-23(13-16)18(25)20-12-15-6-7-19-17(11-15)22-8-2-3-9-22/h6-7,11,16H,2-5,8-10,12-13H2,1H3,(H,20,25)(H,21,24). The van der Waals surface area contributed by atoms with Crippen molar-refractivity contribution in [2.24, 2.45) is 0 Å². The SMILES string of the molecule is CC(=O)NC1CCCN(C(=O)NCc2ccnc(N3CCCC3)c2)C1. The molecule has 3 rings (SSSR count). The number of pyridine rings is 1. The molecule has 3 amide bonds. The number of likely N-dealkylation sites (tertiary alicyclic amines) is 1. The van der Waals surface area contributed by atoms with Gasteiger partial charge in [0.25, 0.3) is 0 Å². The third-order valence-electron chi connectivity index (χ3n) is 4.80. The van der Waals surface area contributed by atoms with Crippen LogP contribution in [0.15, 0.2) is 18.3 Å². The van der Waals surface area contributed by atoms with E-state index in [1.807, 2.05) is 12.3 Å². The fourth-order valence-corrected chi connectivity index (χ4v) is 3.55. The Labute approximate surface area is 148 Å². The monoisotopic (exact) mass is 345 g/mol. The van der Waals surface area contributed by atoms with Gasteiger partial charge in [-0.05, 0) is 43.4 Å². The van der Waals surface area contributed by atoms with E-state index in [2.05, 4.69) is 26.6 Å². The summed E-state index contributed by atoms with van der Waals surface area (Å²) >= 11 is 0. The largest absolute Gasteiger partial charge is 0.357 e. The fraction of sp³-hybridized carbons (Fsp3) is 0.611. The molecule has 0 radical (unpaired) electrons. The van der Waals surface area contributed by atoms with Crippen molar-refractivity contribution in [2.45, 2.75) is 45.2 Å². The lowest BCUT2D eigenvalue weighted by atomic mass is 10.1. The van der Waals surface area contributed by atoms with E-state index < -0.39 is 0 Å². The first-order valence-corrected chi connectivity index (χ1v) is 9.11. The van der Waals surface area contributed by atoms with Crippen LogP contribution in [0.3, 0.4) is 0 Å². The Kier molecular flexibility index (Phi) is 5.73. The molecule has 136 valence electrons. The molecular weight excluding hydrogens is 318 g/mol. The highest BCUT2D eigenvalue weighted by molar-refractivity contribution is 5.75. The van der Waals surface area contributed by atoms with Crippen molar-refractivity contribution in [3.63, 3.8) is 0 Å². The maximum Gasteiger partial charge on any atom is 0.317 e. The number of piperidine rings is 1. The van der Waals surface area contributed by atoms with Gasteiger partial charge in [-0.15, -0.1) is 0 Å². The van der Waals surface area contributed by atoms with E-state index in [-0.39, 0.29) is 18.0 Å². The van der Waals surface area contributed by atoms with Crippen LogP contribution < -0.4 is 15.5 Å². The van der Waals surface area contributed by atoms with Gasteiger partial charge in [0.05, 0.1) is 0 Å². The average Bonchev–Trinajstić information content (AvgIpc) is 3.14. The summed E-state index contributed by atoms with van der Waals surface area (Å²) in [7, 11) is 0. The molecular formula is C18H27N5O2. The number of carbonyl (C=O) groups is 2. The van der Waals surface area contributed by atoms with Crippen molar-refractivity contribution >= 4 is 17.8 Å². The molecule has 1 aromatic heterocycles. The van der Waals surface area contributed by atoms with Crippen LogP contribution in [0.4, 0.5) is 10.6 Å². The molecule has 0 saturated carbocycles. The van der Waals surface area contributed by atoms with E-state index in [0.717, 1.165) is 43.9 Å². The molecule has 1 unspecified atom stereocenters. The third kappa shape index (κ3) is 4.84. The van der Waals surface area contributed by atoms with E-state index in [1.54, 1.807) is 4.90 Å². The molecule has 0 spiro atoms. The predicted molar refractivity (Wildman–Crippen MR) is 96.3 cm³/mol. The van der Waals surface area contributed by atoms with Crippen LogP contribution in [0, 0.1) is 0 Å². The van der Waals surface area contributed by atoms with Crippen LogP contribution in [-0.2, 0) is 11.3 Å². The fourth-order valence-electron chi connectivity index (χ4n) is 3.55. The summed E-state index contributed by atoms with van der Waals surface area (Å²) in [5, 5.41) is 5.89. The van der Waals surface area contributed by atoms with Crippen molar-refractivity contribution < 1.29 is 9.59 Å². The molecule has 2 N–H and O–H groups in total. The Morgan fingerprint density at radius 2 is 2.04 bits per heavy atom. The van der Waals surface area contributed by atoms with Crippen LogP contribution in [-0.4, -0.2) is 54.0 Å². The van der Waals surface area contributed by atoms with Gasteiger partial charge in [-0.25, -0.2) is 9.78 Å². The van der Waals surface area contributed by atoms with Crippen molar-refractivity contribution in [3.05, 3.63) is 23.9 Å². The minimum Gasteiger partial charge on any atom is -0.357 e. The summed E-state index contributed by atoms with van der Waals surface area (Å²) < 4.78 is 0. The number of hydrogen-bond acceptors (Lipinski definition) is 4. The highest BCUT2D eigenvalue weighted by Gasteiger charge is 2.24. The first-order chi connectivity index (χ1) is 12.1. The second kappa shape index (κ2) is 8.18. The van der Waals surface area contributed by atoms with Gasteiger partial charge in [-0.2, -0.15) is 0 Å². The lowest BCUT2D eigenvalue weighted by Crippen LogP contribution is -2.51. The number of urea groups is 1. The smallest absolute Gasteiger partial charge is 0.317 e. The molecule has 2 aliphatic rings. The number of rotatable bonds is 4. The van der Waals surface area contributed by atoms with E-state index in [0.29, 0.717) is 13.1 Å². The molecule has 0 aromatic carbocycles. The summed E-state index contributed by atoms with van der Waals surface area (Å²) in [5.74, 6) is 0.950. The second-order valence-corrected chi connectivity index (χ2v) is 6.86. The second-order valence-electron chi connectivity index (χ2n) is 6.86. The zero-order valence-electron chi connectivity index (χ0n) is 14.8. The molecule has 2 saturated heterocycles. The zero-order chi connectivity index (χ0) is 17.6. The zero-order valence-corrected chi connectivity index (χ0v) is 14.8. The lowest BCUT2D eigenvalue weighted by molar-refractivity contribution is -0.119. The summed E-state index contributed by atoms with van der Waals surface area (Å²) in [6, 6.07) is 3.98. The molecule has 3 heterocycles. The maximum absolute atomic E-state index is 12.4. The summed E-state index contributed by atoms with van der Waals surface area (Å²) in [4.78, 5) is 32.1. The highest BCUT2D eigenvalue weighted by atomic mass is 16.2. The number of amides is 3. The number of hydrogen-bond donors (Lipinski definition) is 2. The Morgan fingerprint density at radius 1 is 1.24 bits per heavy atom. The van der Waals surface area contributed by atoms with Gasteiger partial charge in [0.15, 0.2) is 0 Å². The normalized spacial score (nSPS) is 20.4. The van der Waals surface area contributed by atoms with Gasteiger partial charge in [-0.1, -0.05) is 0 Å². The first kappa shape index (κ1) is 17.5. The Balaban J connectivity index is 1.51. The van der Waals surface area contributed by atoms with E-state index in [9.17, 15) is 9.59 Å². The van der Waals surface area contributed by atoms with Gasteiger partial charge >= 0.3 is 6.03 Å². The Morgan fingerprint density at radius 3 is 2.80 bits per heavy atom. The molecule has 2 aliphatic heterocycles. The van der Waals surface area contributed by atoms with Crippen LogP contribution >= 0.6 is 0 Å². The predicted octanol–water partition coefficient (Wildman–Crippen LogP) is 1.49. The van der Waals surface area contributed by atoms with Crippen molar-refractivity contribution in [1.29, 1.82) is 0 Å². The van der Waals surface area contributed by atoms with Crippen LogP contribution in [0.2, 0.25) is 0 Å². The number of aromatic nitrogens is 1. The van der Waals surface area contributed by atoms with E-state index in [1.165, 1.54) is 19.8 Å². The number of nitrogens with one attached hydrogen (secondary N) is 2. The van der Waals surface area contributed by atoms with Crippen LogP contribution in [0.25, 0.3) is 0 Å². The average molecular weight is 345 g/mol. The van der Waals surface area contributed by atoms with Crippen molar-refractivity contribution in [1.82, 2.24) is 20.5 Å². The molecule has 0 aliphatic carbocycles. The lowest BCUT2D eigenvalue weighted by Gasteiger charge is -2.33. The summed E-state index contributed by atoms with van der Waals surface area (Å²) in [6.07, 6.45) is 6.07. The van der Waals surface area contributed by atoms with Gasteiger partial charge in [0.1, 0.15) is 5.82 Å². The minimum absolute atomic E-state index is 0.0431. The molecule has 25 heavy (non-hydrogen) atoms. The van der Waals surface area contributed by atoms with Gasteiger partial charge in [0, 0.05) is 51.9 Å². The molecule has 1 atom stereocenters. The maximum atomic E-state index is 12.4. The van der Waals surface area contributed by atoms with Gasteiger partial charge in [-0.3, -0.25) is 4.79 Å². The van der Waals surface area contributed by atoms with E-state index in [4.69, 9.17) is 0 Å². The quantitative estimate of drug-likeness (QED) is 0.867. The van der Waals surface area contributed by atoms with Crippen LogP contribution in [0.1, 0.15) is 38.2 Å². The minimum atomic E-state index is -0.0745. The third-order valence-corrected chi connectivity index (χ3v) is 4.80. The molecule has 2 fully saturated rings. The number of nitrogens with zero attached hydrogens (tertiary/aromatic N) is 3. The van der Waals surface area contributed by atoms with Crippen molar-refractivity contribution in [2.75, 3.05) is 31.1 Å². The first-order valence-electron chi connectivity index (χ1n) is 9.11. The molecule has 0 bridgehead atoms. The molecule has 7 nitrogen and oxygen atoms in total. The Hall–Kier alpha value is -2.31. The van der Waals surface area contributed by atoms with Crippen molar-refractivity contribution in [3.8, 4) is 0 Å². The van der Waals surface area contributed by atoms with Gasteiger partial charge in [0.2, 0.25) is 5.91 Å². The van der Waals surface area contributed by atoms with Crippen LogP contribution in [0.5, 0.6) is 0 Å². The highest BCUT2D eigenvalue weighted by Crippen LogP contribution is 2.18. The number of anilines is 1. The molecule has 7 heteroatoms. The van der Waals surface area contributed by atoms with Gasteiger partial charge < -0.3 is 20.4 Å². The summed E-state index contributed by atoms with van der Waals surface area (Å²) in [6.45, 7) is 5.42. The topological polar surface area (TPSA) is 77.6 Å². The van der Waals surface area contributed by atoms with E-state index >= 15 is 0 Å². The number of carbonyl (C=O) groups excluding carboxylic acids is 2.